The summed E-state index contributed by atoms with van der Waals surface area (Å²) in [5, 5.41) is 14.5. The molecule has 0 saturated carbocycles. The Balaban J connectivity index is 1.19. The molecule has 2 aliphatic heterocycles. The zero-order chi connectivity index (χ0) is 22.8. The Morgan fingerprint density at radius 1 is 0.727 bits per heavy atom. The van der Waals surface area contributed by atoms with Crippen LogP contribution in [-0.4, -0.2) is 103 Å². The predicted octanol–water partition coefficient (Wildman–Crippen LogP) is 3.41. The minimum absolute atomic E-state index is 0.449. The summed E-state index contributed by atoms with van der Waals surface area (Å²) in [6, 6.07) is 11.8. The molecule has 2 saturated heterocycles. The number of morpholine rings is 1. The predicted molar refractivity (Wildman–Crippen MR) is 136 cm³/mol. The quantitative estimate of drug-likeness (QED) is 0.549. The molecule has 178 valence electrons. The molecule has 8 heteroatoms. The van der Waals surface area contributed by atoms with Crippen molar-refractivity contribution in [3.05, 3.63) is 46.4 Å². The molecule has 5 rings (SSSR count). The molecule has 2 fully saturated rings. The van der Waals surface area contributed by atoms with Crippen molar-refractivity contribution in [2.75, 3.05) is 72.1 Å². The van der Waals surface area contributed by atoms with Gasteiger partial charge >= 0.3 is 0 Å². The summed E-state index contributed by atoms with van der Waals surface area (Å²) in [7, 11) is 0. The Hall–Kier alpha value is -1.38. The van der Waals surface area contributed by atoms with Gasteiger partial charge in [-0.25, -0.2) is 0 Å². The third-order valence-electron chi connectivity index (χ3n) is 6.95. The molecule has 33 heavy (non-hydrogen) atoms. The lowest BCUT2D eigenvalue weighted by molar-refractivity contribution is 0.0267. The molecule has 0 amide bonds. The van der Waals surface area contributed by atoms with Crippen LogP contribution in [0.3, 0.4) is 0 Å². The van der Waals surface area contributed by atoms with Crippen LogP contribution in [0.1, 0.15) is 0 Å². The number of aromatic nitrogens is 1. The fourth-order valence-corrected chi connectivity index (χ4v) is 5.46. The number of ether oxygens (including phenoxy) is 1. The number of halogens is 2. The minimum Gasteiger partial charge on any atom is -0.390 e. The van der Waals surface area contributed by atoms with E-state index in [0.717, 1.165) is 87.4 Å². The lowest BCUT2D eigenvalue weighted by Crippen LogP contribution is -2.51. The summed E-state index contributed by atoms with van der Waals surface area (Å²) < 4.78 is 7.63. The number of rotatable bonds is 7. The second-order valence-corrected chi connectivity index (χ2v) is 10.1. The van der Waals surface area contributed by atoms with Crippen LogP contribution in [0, 0.1) is 0 Å². The van der Waals surface area contributed by atoms with Gasteiger partial charge in [-0.05, 0) is 36.4 Å². The number of aliphatic hydroxyl groups is 1. The number of benzene rings is 2. The van der Waals surface area contributed by atoms with Crippen molar-refractivity contribution < 1.29 is 9.84 Å². The molecule has 1 aromatic heterocycles. The topological polar surface area (TPSA) is 44.1 Å². The van der Waals surface area contributed by atoms with Crippen LogP contribution in [0.4, 0.5) is 0 Å². The van der Waals surface area contributed by atoms with Crippen LogP contribution < -0.4 is 0 Å². The van der Waals surface area contributed by atoms with Crippen molar-refractivity contribution in [1.29, 1.82) is 0 Å². The van der Waals surface area contributed by atoms with Gasteiger partial charge in [0.1, 0.15) is 0 Å². The van der Waals surface area contributed by atoms with Crippen molar-refractivity contribution >= 4 is 45.0 Å². The van der Waals surface area contributed by atoms with Crippen molar-refractivity contribution in [1.82, 2.24) is 19.3 Å². The molecule has 1 atom stereocenters. The van der Waals surface area contributed by atoms with E-state index in [9.17, 15) is 5.11 Å². The van der Waals surface area contributed by atoms with Crippen LogP contribution >= 0.6 is 23.2 Å². The lowest BCUT2D eigenvalue weighted by atomic mass is 10.1. The third-order valence-corrected chi connectivity index (χ3v) is 7.42. The average molecular weight is 491 g/mol. The average Bonchev–Trinajstić information content (AvgIpc) is 3.11. The SMILES string of the molecule is O[C@H](CN1CCN(CCN2CCOCC2)CC1)Cn1c2ccc(Cl)cc2c2cc(Cl)ccc21. The summed E-state index contributed by atoms with van der Waals surface area (Å²) in [4.78, 5) is 7.42. The van der Waals surface area contributed by atoms with Gasteiger partial charge in [0.05, 0.1) is 25.9 Å². The molecule has 0 radical (unpaired) electrons. The van der Waals surface area contributed by atoms with E-state index in [1.54, 1.807) is 0 Å². The van der Waals surface area contributed by atoms with Crippen LogP contribution in [0.15, 0.2) is 36.4 Å². The second kappa shape index (κ2) is 10.5. The first-order chi connectivity index (χ1) is 16.1. The molecular weight excluding hydrogens is 459 g/mol. The number of aliphatic hydroxyl groups excluding tert-OH is 1. The van der Waals surface area contributed by atoms with Gasteiger partial charge < -0.3 is 14.4 Å². The molecule has 0 unspecified atom stereocenters. The summed E-state index contributed by atoms with van der Waals surface area (Å²) in [5.41, 5.74) is 2.15. The molecule has 2 aliphatic rings. The maximum atomic E-state index is 11.0. The zero-order valence-corrected chi connectivity index (χ0v) is 20.4. The highest BCUT2D eigenvalue weighted by molar-refractivity contribution is 6.33. The van der Waals surface area contributed by atoms with Crippen molar-refractivity contribution in [3.63, 3.8) is 0 Å². The summed E-state index contributed by atoms with van der Waals surface area (Å²) >= 11 is 12.5. The van der Waals surface area contributed by atoms with Crippen LogP contribution in [0.25, 0.3) is 21.8 Å². The number of piperazine rings is 1. The van der Waals surface area contributed by atoms with Gasteiger partial charge in [-0.3, -0.25) is 14.7 Å². The van der Waals surface area contributed by atoms with E-state index >= 15 is 0 Å². The third kappa shape index (κ3) is 5.49. The van der Waals surface area contributed by atoms with Gasteiger partial charge in [0, 0.05) is 90.8 Å². The molecule has 1 N–H and O–H groups in total. The highest BCUT2D eigenvalue weighted by Crippen LogP contribution is 2.33. The van der Waals surface area contributed by atoms with Gasteiger partial charge in [0.25, 0.3) is 0 Å². The molecule has 0 bridgehead atoms. The van der Waals surface area contributed by atoms with Crippen LogP contribution in [0.5, 0.6) is 0 Å². The monoisotopic (exact) mass is 490 g/mol. The molecule has 0 spiro atoms. The van der Waals surface area contributed by atoms with Crippen molar-refractivity contribution in [2.45, 2.75) is 12.6 Å². The van der Waals surface area contributed by atoms with E-state index in [0.29, 0.717) is 23.1 Å². The number of hydrogen-bond donors (Lipinski definition) is 1. The summed E-state index contributed by atoms with van der Waals surface area (Å²) in [5.74, 6) is 0. The number of nitrogens with zero attached hydrogens (tertiary/aromatic N) is 4. The van der Waals surface area contributed by atoms with Crippen molar-refractivity contribution in [3.8, 4) is 0 Å². The Bertz CT molecular complexity index is 1030. The Morgan fingerprint density at radius 2 is 1.24 bits per heavy atom. The Kier molecular flexibility index (Phi) is 7.42. The van der Waals surface area contributed by atoms with E-state index in [4.69, 9.17) is 27.9 Å². The molecule has 0 aliphatic carbocycles. The van der Waals surface area contributed by atoms with Crippen LogP contribution in [0.2, 0.25) is 10.0 Å². The zero-order valence-electron chi connectivity index (χ0n) is 18.9. The van der Waals surface area contributed by atoms with Gasteiger partial charge in [0.2, 0.25) is 0 Å². The fraction of sp³-hybridized carbons (Fsp3) is 0.520. The Morgan fingerprint density at radius 3 is 1.82 bits per heavy atom. The van der Waals surface area contributed by atoms with E-state index < -0.39 is 6.10 Å². The largest absolute Gasteiger partial charge is 0.390 e. The number of β-amino-alcohol motifs (C(OH)–C–C–N with tert-alkyl or cyclic N) is 1. The summed E-state index contributed by atoms with van der Waals surface area (Å²) in [6.45, 7) is 11.4. The van der Waals surface area contributed by atoms with Gasteiger partial charge in [0.15, 0.2) is 0 Å². The van der Waals surface area contributed by atoms with E-state index in [-0.39, 0.29) is 0 Å². The van der Waals surface area contributed by atoms with E-state index in [1.165, 1.54) is 0 Å². The second-order valence-electron chi connectivity index (χ2n) is 9.18. The normalized spacial score (nSPS) is 20.1. The number of hydrogen-bond acceptors (Lipinski definition) is 5. The highest BCUT2D eigenvalue weighted by Gasteiger charge is 2.21. The number of fused-ring (bicyclic) bond motifs is 3. The van der Waals surface area contributed by atoms with Gasteiger partial charge in [-0.15, -0.1) is 0 Å². The van der Waals surface area contributed by atoms with E-state index in [2.05, 4.69) is 19.3 Å². The Labute approximate surface area is 205 Å². The molecular formula is C25H32Cl2N4O2. The molecule has 3 aromatic rings. The smallest absolute Gasteiger partial charge is 0.0845 e. The maximum Gasteiger partial charge on any atom is 0.0845 e. The first-order valence-corrected chi connectivity index (χ1v) is 12.6. The van der Waals surface area contributed by atoms with E-state index in [1.807, 2.05) is 36.4 Å². The van der Waals surface area contributed by atoms with Crippen LogP contribution in [-0.2, 0) is 11.3 Å². The molecule has 3 heterocycles. The van der Waals surface area contributed by atoms with Crippen molar-refractivity contribution in [2.24, 2.45) is 0 Å². The minimum atomic E-state index is -0.449. The molecule has 6 nitrogen and oxygen atoms in total. The fourth-order valence-electron chi connectivity index (χ4n) is 5.11. The lowest BCUT2D eigenvalue weighted by Gasteiger charge is -2.37. The van der Waals surface area contributed by atoms with Gasteiger partial charge in [-0.2, -0.15) is 0 Å². The standard InChI is InChI=1S/C25H32Cl2N4O2/c26-19-1-3-24-22(15-19)23-16-20(27)2-4-25(23)31(24)18-21(32)17-30-9-7-28(8-10-30)5-6-29-11-13-33-14-12-29/h1-4,15-16,21,32H,5-14,17-18H2/t21-/m1/s1. The first-order valence-electron chi connectivity index (χ1n) is 11.9. The van der Waals surface area contributed by atoms with Gasteiger partial charge in [-0.1, -0.05) is 23.2 Å². The maximum absolute atomic E-state index is 11.0. The molecule has 2 aromatic carbocycles. The highest BCUT2D eigenvalue weighted by atomic mass is 35.5. The summed E-state index contributed by atoms with van der Waals surface area (Å²) in [6.07, 6.45) is -0.449. The first kappa shape index (κ1) is 23.4.